The van der Waals surface area contributed by atoms with Crippen molar-refractivity contribution < 1.29 is 19.0 Å². The summed E-state index contributed by atoms with van der Waals surface area (Å²) < 4.78 is 25.1. The van der Waals surface area contributed by atoms with Crippen LogP contribution in [0.1, 0.15) is 18.6 Å². The highest BCUT2D eigenvalue weighted by atomic mass is 19.2. The second kappa shape index (κ2) is 3.81. The minimum atomic E-state index is -1.19. The molecule has 0 saturated carbocycles. The first-order chi connectivity index (χ1) is 6.02. The molecule has 2 unspecified atom stereocenters. The molecule has 0 bridgehead atoms. The van der Waals surface area contributed by atoms with Crippen molar-refractivity contribution in [3.05, 3.63) is 35.4 Å². The SMILES string of the molecule is CC(O)C(O)c1ccc(F)c(F)c1. The lowest BCUT2D eigenvalue weighted by molar-refractivity contribution is 0.0303. The summed E-state index contributed by atoms with van der Waals surface area (Å²) in [7, 11) is 0. The van der Waals surface area contributed by atoms with Crippen LogP contribution in [-0.4, -0.2) is 16.3 Å². The Morgan fingerprint density at radius 2 is 1.77 bits per heavy atom. The quantitative estimate of drug-likeness (QED) is 0.736. The summed E-state index contributed by atoms with van der Waals surface area (Å²) >= 11 is 0. The molecule has 1 aromatic carbocycles. The summed E-state index contributed by atoms with van der Waals surface area (Å²) in [6.07, 6.45) is -2.19. The van der Waals surface area contributed by atoms with Crippen molar-refractivity contribution in [3.8, 4) is 0 Å². The predicted octanol–water partition coefficient (Wildman–Crippen LogP) is 1.38. The first-order valence-corrected chi connectivity index (χ1v) is 3.83. The van der Waals surface area contributed by atoms with Gasteiger partial charge in [-0.1, -0.05) is 6.07 Å². The Bertz CT molecular complexity index is 300. The Kier molecular flexibility index (Phi) is 2.95. The third kappa shape index (κ3) is 2.23. The van der Waals surface area contributed by atoms with Gasteiger partial charge in [0.1, 0.15) is 6.10 Å². The molecule has 0 aliphatic heterocycles. The first-order valence-electron chi connectivity index (χ1n) is 3.83. The lowest BCUT2D eigenvalue weighted by Crippen LogP contribution is -2.14. The van der Waals surface area contributed by atoms with Crippen molar-refractivity contribution in [2.24, 2.45) is 0 Å². The fourth-order valence-electron chi connectivity index (χ4n) is 0.975. The normalized spacial score (nSPS) is 15.5. The maximum Gasteiger partial charge on any atom is 0.159 e. The molecule has 2 N–H and O–H groups in total. The summed E-state index contributed by atoms with van der Waals surface area (Å²) in [5.74, 6) is -2.00. The molecule has 0 aliphatic carbocycles. The van der Waals surface area contributed by atoms with Crippen molar-refractivity contribution >= 4 is 0 Å². The van der Waals surface area contributed by atoms with Crippen molar-refractivity contribution in [1.29, 1.82) is 0 Å². The minimum absolute atomic E-state index is 0.161. The number of halogens is 2. The van der Waals surface area contributed by atoms with Crippen LogP contribution in [-0.2, 0) is 0 Å². The van der Waals surface area contributed by atoms with Crippen LogP contribution in [0.4, 0.5) is 8.78 Å². The molecule has 1 rings (SSSR count). The van der Waals surface area contributed by atoms with E-state index in [4.69, 9.17) is 5.11 Å². The van der Waals surface area contributed by atoms with Gasteiger partial charge in [0, 0.05) is 0 Å². The molecule has 0 spiro atoms. The molecule has 0 heterocycles. The van der Waals surface area contributed by atoms with Crippen LogP contribution in [0.3, 0.4) is 0 Å². The van der Waals surface area contributed by atoms with Gasteiger partial charge in [0.05, 0.1) is 6.10 Å². The molecule has 0 radical (unpaired) electrons. The van der Waals surface area contributed by atoms with E-state index in [2.05, 4.69) is 0 Å². The van der Waals surface area contributed by atoms with Crippen molar-refractivity contribution in [1.82, 2.24) is 0 Å². The number of aliphatic hydroxyl groups excluding tert-OH is 2. The van der Waals surface area contributed by atoms with E-state index in [9.17, 15) is 13.9 Å². The van der Waals surface area contributed by atoms with Crippen molar-refractivity contribution in [3.63, 3.8) is 0 Å². The molecule has 0 amide bonds. The average molecular weight is 188 g/mol. The minimum Gasteiger partial charge on any atom is -0.390 e. The topological polar surface area (TPSA) is 40.5 Å². The maximum absolute atomic E-state index is 12.6. The second-order valence-electron chi connectivity index (χ2n) is 2.86. The second-order valence-corrected chi connectivity index (χ2v) is 2.86. The van der Waals surface area contributed by atoms with Gasteiger partial charge in [-0.25, -0.2) is 8.78 Å². The smallest absolute Gasteiger partial charge is 0.159 e. The third-order valence-corrected chi connectivity index (χ3v) is 1.74. The van der Waals surface area contributed by atoms with Gasteiger partial charge in [0.25, 0.3) is 0 Å². The van der Waals surface area contributed by atoms with E-state index in [-0.39, 0.29) is 5.56 Å². The van der Waals surface area contributed by atoms with Crippen molar-refractivity contribution in [2.75, 3.05) is 0 Å². The van der Waals surface area contributed by atoms with Gasteiger partial charge in [0.15, 0.2) is 11.6 Å². The number of benzene rings is 1. The molecule has 72 valence electrons. The number of hydrogen-bond acceptors (Lipinski definition) is 2. The van der Waals surface area contributed by atoms with E-state index in [1.54, 1.807) is 0 Å². The van der Waals surface area contributed by atoms with Gasteiger partial charge in [0.2, 0.25) is 0 Å². The fraction of sp³-hybridized carbons (Fsp3) is 0.333. The van der Waals surface area contributed by atoms with Crippen LogP contribution >= 0.6 is 0 Å². The van der Waals surface area contributed by atoms with E-state index < -0.39 is 23.8 Å². The van der Waals surface area contributed by atoms with Crippen LogP contribution < -0.4 is 0 Å². The number of hydrogen-bond donors (Lipinski definition) is 2. The van der Waals surface area contributed by atoms with E-state index in [1.807, 2.05) is 0 Å². The van der Waals surface area contributed by atoms with Gasteiger partial charge in [-0.15, -0.1) is 0 Å². The molecular formula is C9H10F2O2. The molecule has 0 aliphatic rings. The lowest BCUT2D eigenvalue weighted by Gasteiger charge is -2.13. The summed E-state index contributed by atoms with van der Waals surface area (Å²) in [4.78, 5) is 0. The summed E-state index contributed by atoms with van der Waals surface area (Å²) in [5, 5.41) is 18.2. The molecule has 4 heteroatoms. The van der Waals surface area contributed by atoms with Gasteiger partial charge in [-0.05, 0) is 24.6 Å². The lowest BCUT2D eigenvalue weighted by atomic mass is 10.1. The van der Waals surface area contributed by atoms with Crippen LogP contribution in [0, 0.1) is 11.6 Å². The highest BCUT2D eigenvalue weighted by Crippen LogP contribution is 2.18. The van der Waals surface area contributed by atoms with Crippen LogP contribution in [0.2, 0.25) is 0 Å². The zero-order valence-corrected chi connectivity index (χ0v) is 7.04. The molecular weight excluding hydrogens is 178 g/mol. The van der Waals surface area contributed by atoms with Gasteiger partial charge >= 0.3 is 0 Å². The average Bonchev–Trinajstić information content (AvgIpc) is 2.08. The Morgan fingerprint density at radius 3 is 2.23 bits per heavy atom. The Morgan fingerprint density at radius 1 is 1.15 bits per heavy atom. The van der Waals surface area contributed by atoms with Crippen LogP contribution in [0.25, 0.3) is 0 Å². The van der Waals surface area contributed by atoms with E-state index in [1.165, 1.54) is 13.0 Å². The molecule has 0 aromatic heterocycles. The summed E-state index contributed by atoms with van der Waals surface area (Å²) in [6, 6.07) is 3.01. The van der Waals surface area contributed by atoms with Gasteiger partial charge < -0.3 is 10.2 Å². The van der Waals surface area contributed by atoms with E-state index in [0.717, 1.165) is 12.1 Å². The Hall–Kier alpha value is -1.00. The van der Waals surface area contributed by atoms with Crippen LogP contribution in [0.15, 0.2) is 18.2 Å². The number of aliphatic hydroxyl groups is 2. The molecule has 0 saturated heterocycles. The standard InChI is InChI=1S/C9H10F2O2/c1-5(12)9(13)6-2-3-7(10)8(11)4-6/h2-5,9,12-13H,1H3. The highest BCUT2D eigenvalue weighted by molar-refractivity contribution is 5.20. The van der Waals surface area contributed by atoms with Crippen molar-refractivity contribution in [2.45, 2.75) is 19.1 Å². The fourth-order valence-corrected chi connectivity index (χ4v) is 0.975. The number of rotatable bonds is 2. The zero-order chi connectivity index (χ0) is 10.0. The van der Waals surface area contributed by atoms with Crippen LogP contribution in [0.5, 0.6) is 0 Å². The Balaban J connectivity index is 2.97. The molecule has 1 aromatic rings. The van der Waals surface area contributed by atoms with Gasteiger partial charge in [-0.3, -0.25) is 0 Å². The molecule has 0 fully saturated rings. The largest absolute Gasteiger partial charge is 0.390 e. The highest BCUT2D eigenvalue weighted by Gasteiger charge is 2.15. The summed E-state index contributed by atoms with van der Waals surface area (Å²) in [6.45, 7) is 1.37. The monoisotopic (exact) mass is 188 g/mol. The zero-order valence-electron chi connectivity index (χ0n) is 7.04. The Labute approximate surface area is 74.4 Å². The van der Waals surface area contributed by atoms with Gasteiger partial charge in [-0.2, -0.15) is 0 Å². The third-order valence-electron chi connectivity index (χ3n) is 1.74. The first kappa shape index (κ1) is 10.1. The molecule has 13 heavy (non-hydrogen) atoms. The molecule has 2 nitrogen and oxygen atoms in total. The van der Waals surface area contributed by atoms with E-state index in [0.29, 0.717) is 0 Å². The van der Waals surface area contributed by atoms with E-state index >= 15 is 0 Å². The summed E-state index contributed by atoms with van der Waals surface area (Å²) in [5.41, 5.74) is 0.161. The maximum atomic E-state index is 12.6. The predicted molar refractivity (Wildman–Crippen MR) is 43.0 cm³/mol. The molecule has 2 atom stereocenters.